The van der Waals surface area contributed by atoms with Crippen molar-refractivity contribution >= 4 is 5.91 Å². The van der Waals surface area contributed by atoms with E-state index in [9.17, 15) is 4.79 Å². The molecular weight excluding hydrogens is 200 g/mol. The largest absolute Gasteiger partial charge is 0.352 e. The second-order valence-corrected chi connectivity index (χ2v) is 6.45. The molecule has 3 atom stereocenters. The zero-order chi connectivity index (χ0) is 11.3. The van der Waals surface area contributed by atoms with Gasteiger partial charge in [0, 0.05) is 25.0 Å². The van der Waals surface area contributed by atoms with Gasteiger partial charge in [-0.1, -0.05) is 20.3 Å². The molecule has 2 N–H and O–H groups in total. The molecule has 0 aromatic rings. The SMILES string of the molecule is CC1(C)CCCC1C(=O)NC1C2CNCC21. The van der Waals surface area contributed by atoms with Crippen LogP contribution in [0.25, 0.3) is 0 Å². The van der Waals surface area contributed by atoms with Gasteiger partial charge in [-0.15, -0.1) is 0 Å². The highest BCUT2D eigenvalue weighted by atomic mass is 16.2. The maximum Gasteiger partial charge on any atom is 0.223 e. The average Bonchev–Trinajstić information content (AvgIpc) is 2.66. The number of hydrogen-bond acceptors (Lipinski definition) is 2. The molecule has 3 heteroatoms. The molecule has 1 saturated heterocycles. The molecule has 90 valence electrons. The molecule has 3 nitrogen and oxygen atoms in total. The number of rotatable bonds is 2. The Labute approximate surface area is 97.4 Å². The normalized spacial score (nSPS) is 44.1. The summed E-state index contributed by atoms with van der Waals surface area (Å²) >= 11 is 0. The van der Waals surface area contributed by atoms with Gasteiger partial charge < -0.3 is 10.6 Å². The Kier molecular flexibility index (Phi) is 2.29. The number of fused-ring (bicyclic) bond motifs is 1. The third-order valence-corrected chi connectivity index (χ3v) is 4.97. The lowest BCUT2D eigenvalue weighted by Crippen LogP contribution is -2.40. The average molecular weight is 222 g/mol. The minimum Gasteiger partial charge on any atom is -0.352 e. The Morgan fingerprint density at radius 2 is 2.00 bits per heavy atom. The van der Waals surface area contributed by atoms with E-state index in [1.54, 1.807) is 0 Å². The molecule has 0 bridgehead atoms. The van der Waals surface area contributed by atoms with Gasteiger partial charge >= 0.3 is 0 Å². The van der Waals surface area contributed by atoms with Crippen LogP contribution in [0.4, 0.5) is 0 Å². The number of carbonyl (C=O) groups is 1. The molecule has 1 heterocycles. The van der Waals surface area contributed by atoms with E-state index < -0.39 is 0 Å². The number of piperidine rings is 1. The summed E-state index contributed by atoms with van der Waals surface area (Å²) in [6, 6.07) is 0.491. The maximum atomic E-state index is 12.2. The van der Waals surface area contributed by atoms with E-state index in [4.69, 9.17) is 0 Å². The van der Waals surface area contributed by atoms with Gasteiger partial charge in [-0.05, 0) is 30.1 Å². The summed E-state index contributed by atoms with van der Waals surface area (Å²) in [6.07, 6.45) is 3.49. The first kappa shape index (κ1) is 10.6. The molecule has 1 amide bonds. The molecular formula is C13H22N2O. The number of amides is 1. The summed E-state index contributed by atoms with van der Waals surface area (Å²) in [7, 11) is 0. The minimum atomic E-state index is 0.215. The van der Waals surface area contributed by atoms with Crippen LogP contribution in [0, 0.1) is 23.2 Å². The van der Waals surface area contributed by atoms with Gasteiger partial charge in [0.25, 0.3) is 0 Å². The van der Waals surface area contributed by atoms with E-state index >= 15 is 0 Å². The molecule has 16 heavy (non-hydrogen) atoms. The number of carbonyl (C=O) groups excluding carboxylic acids is 1. The van der Waals surface area contributed by atoms with E-state index in [0.29, 0.717) is 11.9 Å². The monoisotopic (exact) mass is 222 g/mol. The molecule has 3 fully saturated rings. The molecule has 0 aromatic carbocycles. The molecule has 3 unspecified atom stereocenters. The lowest BCUT2D eigenvalue weighted by atomic mass is 9.81. The first-order chi connectivity index (χ1) is 7.59. The highest BCUT2D eigenvalue weighted by Gasteiger charge is 2.54. The molecule has 1 aliphatic heterocycles. The molecule has 3 aliphatic rings. The molecule has 0 radical (unpaired) electrons. The van der Waals surface area contributed by atoms with Crippen molar-refractivity contribution in [2.24, 2.45) is 23.2 Å². The van der Waals surface area contributed by atoms with Crippen LogP contribution in [0.1, 0.15) is 33.1 Å². The Hall–Kier alpha value is -0.570. The topological polar surface area (TPSA) is 41.1 Å². The predicted octanol–water partition coefficient (Wildman–Crippen LogP) is 1.15. The van der Waals surface area contributed by atoms with Crippen molar-refractivity contribution in [2.75, 3.05) is 13.1 Å². The van der Waals surface area contributed by atoms with Crippen molar-refractivity contribution in [3.8, 4) is 0 Å². The van der Waals surface area contributed by atoms with E-state index in [-0.39, 0.29) is 11.3 Å². The maximum absolute atomic E-state index is 12.2. The van der Waals surface area contributed by atoms with Gasteiger partial charge in [-0.2, -0.15) is 0 Å². The van der Waals surface area contributed by atoms with Crippen molar-refractivity contribution < 1.29 is 4.79 Å². The van der Waals surface area contributed by atoms with Crippen molar-refractivity contribution in [3.05, 3.63) is 0 Å². The van der Waals surface area contributed by atoms with E-state index in [2.05, 4.69) is 24.5 Å². The van der Waals surface area contributed by atoms with Crippen LogP contribution in [0.5, 0.6) is 0 Å². The van der Waals surface area contributed by atoms with Crippen LogP contribution in [0.2, 0.25) is 0 Å². The third-order valence-electron chi connectivity index (χ3n) is 4.97. The van der Waals surface area contributed by atoms with Crippen LogP contribution < -0.4 is 10.6 Å². The Morgan fingerprint density at radius 3 is 2.56 bits per heavy atom. The van der Waals surface area contributed by atoms with Crippen LogP contribution in [-0.4, -0.2) is 25.0 Å². The summed E-state index contributed by atoms with van der Waals surface area (Å²) < 4.78 is 0. The summed E-state index contributed by atoms with van der Waals surface area (Å²) in [6.45, 7) is 6.67. The minimum absolute atomic E-state index is 0.215. The van der Waals surface area contributed by atoms with Crippen LogP contribution in [0.15, 0.2) is 0 Å². The fourth-order valence-corrected chi connectivity index (χ4v) is 3.71. The fraction of sp³-hybridized carbons (Fsp3) is 0.923. The zero-order valence-corrected chi connectivity index (χ0v) is 10.3. The van der Waals surface area contributed by atoms with Gasteiger partial charge in [-0.3, -0.25) is 4.79 Å². The van der Waals surface area contributed by atoms with Crippen LogP contribution in [0.3, 0.4) is 0 Å². The van der Waals surface area contributed by atoms with Crippen molar-refractivity contribution in [1.82, 2.24) is 10.6 Å². The standard InChI is InChI=1S/C13H22N2O/c1-13(2)5-3-4-10(13)12(16)15-11-8-6-14-7-9(8)11/h8-11,14H,3-7H2,1-2H3,(H,15,16). The second kappa shape index (κ2) is 3.46. The highest BCUT2D eigenvalue weighted by molar-refractivity contribution is 5.80. The first-order valence-electron chi connectivity index (χ1n) is 6.61. The zero-order valence-electron chi connectivity index (χ0n) is 10.3. The van der Waals surface area contributed by atoms with Gasteiger partial charge in [0.05, 0.1) is 0 Å². The van der Waals surface area contributed by atoms with Crippen molar-refractivity contribution in [2.45, 2.75) is 39.2 Å². The van der Waals surface area contributed by atoms with Crippen molar-refractivity contribution in [1.29, 1.82) is 0 Å². The molecule has 0 aromatic heterocycles. The number of hydrogen-bond donors (Lipinski definition) is 2. The smallest absolute Gasteiger partial charge is 0.223 e. The molecule has 2 saturated carbocycles. The van der Waals surface area contributed by atoms with Crippen LogP contribution >= 0.6 is 0 Å². The first-order valence-corrected chi connectivity index (χ1v) is 6.61. The summed E-state index contributed by atoms with van der Waals surface area (Å²) in [5.74, 6) is 2.03. The van der Waals surface area contributed by atoms with Gasteiger partial charge in [0.15, 0.2) is 0 Å². The Balaban J connectivity index is 1.58. The molecule has 0 spiro atoms. The van der Waals surface area contributed by atoms with Gasteiger partial charge in [0.1, 0.15) is 0 Å². The lowest BCUT2D eigenvalue weighted by molar-refractivity contribution is -0.127. The predicted molar refractivity (Wildman–Crippen MR) is 62.9 cm³/mol. The van der Waals surface area contributed by atoms with Crippen LogP contribution in [-0.2, 0) is 4.79 Å². The number of nitrogens with one attached hydrogen (secondary N) is 2. The summed E-state index contributed by atoms with van der Waals surface area (Å²) in [5, 5.41) is 6.63. The van der Waals surface area contributed by atoms with Gasteiger partial charge in [-0.25, -0.2) is 0 Å². The Morgan fingerprint density at radius 1 is 1.31 bits per heavy atom. The summed E-state index contributed by atoms with van der Waals surface area (Å²) in [4.78, 5) is 12.2. The third kappa shape index (κ3) is 1.56. The van der Waals surface area contributed by atoms with E-state index in [1.807, 2.05) is 0 Å². The van der Waals surface area contributed by atoms with E-state index in [1.165, 1.54) is 12.8 Å². The quantitative estimate of drug-likeness (QED) is 0.736. The van der Waals surface area contributed by atoms with E-state index in [0.717, 1.165) is 31.3 Å². The Bertz CT molecular complexity index is 303. The molecule has 3 rings (SSSR count). The summed E-state index contributed by atoms with van der Waals surface area (Å²) in [5.41, 5.74) is 0.215. The molecule has 2 aliphatic carbocycles. The fourth-order valence-electron chi connectivity index (χ4n) is 3.71. The second-order valence-electron chi connectivity index (χ2n) is 6.45. The van der Waals surface area contributed by atoms with Crippen molar-refractivity contribution in [3.63, 3.8) is 0 Å². The highest BCUT2D eigenvalue weighted by Crippen LogP contribution is 2.45. The lowest BCUT2D eigenvalue weighted by Gasteiger charge is -2.26. The van der Waals surface area contributed by atoms with Gasteiger partial charge in [0.2, 0.25) is 5.91 Å².